The zero-order chi connectivity index (χ0) is 9.97. The lowest BCUT2D eigenvalue weighted by molar-refractivity contribution is 0.921. The summed E-state index contributed by atoms with van der Waals surface area (Å²) in [6.07, 6.45) is 0.933. The first-order valence-electron chi connectivity index (χ1n) is 4.45. The van der Waals surface area contributed by atoms with E-state index in [1.165, 1.54) is 16.7 Å². The quantitative estimate of drug-likeness (QED) is 0.688. The second-order valence-corrected chi connectivity index (χ2v) is 5.36. The van der Waals surface area contributed by atoms with Crippen molar-refractivity contribution in [3.8, 4) is 0 Å². The van der Waals surface area contributed by atoms with Crippen molar-refractivity contribution in [3.63, 3.8) is 0 Å². The molecule has 0 fully saturated rings. The van der Waals surface area contributed by atoms with Crippen LogP contribution in [0.5, 0.6) is 0 Å². The van der Waals surface area contributed by atoms with E-state index in [0.29, 0.717) is 0 Å². The standard InChI is InChI=1S/C11H11ClS2/c1-8-5-14-7-10(8)11(12)4-9-2-3-13-6-9/h2-3,5-7,11H,4H2,1H3. The smallest absolute Gasteiger partial charge is 0.0636 e. The van der Waals surface area contributed by atoms with Crippen LogP contribution in [-0.4, -0.2) is 0 Å². The summed E-state index contributed by atoms with van der Waals surface area (Å²) in [6, 6.07) is 2.14. The molecule has 0 saturated heterocycles. The third-order valence-corrected chi connectivity index (χ3v) is 4.23. The van der Waals surface area contributed by atoms with Crippen molar-refractivity contribution < 1.29 is 0 Å². The molecule has 3 heteroatoms. The Kier molecular flexibility index (Phi) is 3.26. The third-order valence-electron chi connectivity index (χ3n) is 2.23. The molecular weight excluding hydrogens is 232 g/mol. The maximum atomic E-state index is 6.36. The molecule has 0 aromatic carbocycles. The van der Waals surface area contributed by atoms with Crippen LogP contribution in [0.15, 0.2) is 27.6 Å². The number of halogens is 1. The molecule has 0 N–H and O–H groups in total. The van der Waals surface area contributed by atoms with Gasteiger partial charge in [0.05, 0.1) is 5.38 Å². The first-order valence-corrected chi connectivity index (χ1v) is 6.77. The van der Waals surface area contributed by atoms with Gasteiger partial charge in [0.25, 0.3) is 0 Å². The Bertz CT molecular complexity index is 389. The zero-order valence-corrected chi connectivity index (χ0v) is 10.3. The first-order chi connectivity index (χ1) is 6.77. The minimum absolute atomic E-state index is 0.121. The van der Waals surface area contributed by atoms with Crippen LogP contribution in [0.1, 0.15) is 22.1 Å². The number of aryl methyl sites for hydroxylation is 1. The van der Waals surface area contributed by atoms with Crippen molar-refractivity contribution in [1.29, 1.82) is 0 Å². The van der Waals surface area contributed by atoms with Crippen LogP contribution >= 0.6 is 34.3 Å². The van der Waals surface area contributed by atoms with Crippen molar-refractivity contribution in [2.24, 2.45) is 0 Å². The van der Waals surface area contributed by atoms with Gasteiger partial charge in [-0.25, -0.2) is 0 Å². The Morgan fingerprint density at radius 1 is 1.29 bits per heavy atom. The molecule has 2 heterocycles. The average molecular weight is 243 g/mol. The van der Waals surface area contributed by atoms with Crippen LogP contribution in [0.3, 0.4) is 0 Å². The predicted octanol–water partition coefficient (Wildman–Crippen LogP) is 4.64. The fraction of sp³-hybridized carbons (Fsp3) is 0.273. The monoisotopic (exact) mass is 242 g/mol. The number of rotatable bonds is 3. The molecule has 1 unspecified atom stereocenters. The Morgan fingerprint density at radius 3 is 2.71 bits per heavy atom. The van der Waals surface area contributed by atoms with Crippen molar-refractivity contribution in [2.45, 2.75) is 18.7 Å². The van der Waals surface area contributed by atoms with Gasteiger partial charge in [0.1, 0.15) is 0 Å². The van der Waals surface area contributed by atoms with Crippen LogP contribution in [0.2, 0.25) is 0 Å². The molecule has 0 amide bonds. The van der Waals surface area contributed by atoms with E-state index in [0.717, 1.165) is 6.42 Å². The van der Waals surface area contributed by atoms with Gasteiger partial charge < -0.3 is 0 Å². The van der Waals surface area contributed by atoms with Gasteiger partial charge in [0.15, 0.2) is 0 Å². The minimum Gasteiger partial charge on any atom is -0.152 e. The van der Waals surface area contributed by atoms with Crippen molar-refractivity contribution in [1.82, 2.24) is 0 Å². The van der Waals surface area contributed by atoms with Crippen LogP contribution < -0.4 is 0 Å². The van der Waals surface area contributed by atoms with E-state index < -0.39 is 0 Å². The highest BCUT2D eigenvalue weighted by atomic mass is 35.5. The van der Waals surface area contributed by atoms with Crippen molar-refractivity contribution in [2.75, 3.05) is 0 Å². The third kappa shape index (κ3) is 2.19. The molecule has 2 aromatic rings. The summed E-state index contributed by atoms with van der Waals surface area (Å²) in [7, 11) is 0. The summed E-state index contributed by atoms with van der Waals surface area (Å²) in [4.78, 5) is 0. The summed E-state index contributed by atoms with van der Waals surface area (Å²) in [6.45, 7) is 2.12. The number of alkyl halides is 1. The molecule has 74 valence electrons. The first kappa shape index (κ1) is 10.2. The molecule has 0 saturated carbocycles. The summed E-state index contributed by atoms with van der Waals surface area (Å²) >= 11 is 9.81. The molecule has 0 bridgehead atoms. The molecule has 1 atom stereocenters. The van der Waals surface area contributed by atoms with E-state index >= 15 is 0 Å². The fourth-order valence-corrected chi connectivity index (χ4v) is 3.49. The Hall–Kier alpha value is -0.310. The molecule has 0 nitrogen and oxygen atoms in total. The molecule has 2 rings (SSSR count). The number of thiophene rings is 2. The Labute approximate surface area is 97.2 Å². The molecule has 0 aliphatic carbocycles. The highest BCUT2D eigenvalue weighted by molar-refractivity contribution is 7.08. The van der Waals surface area contributed by atoms with Crippen LogP contribution in [-0.2, 0) is 6.42 Å². The second kappa shape index (κ2) is 4.47. The van der Waals surface area contributed by atoms with Gasteiger partial charge in [-0.1, -0.05) is 0 Å². The van der Waals surface area contributed by atoms with Gasteiger partial charge in [0.2, 0.25) is 0 Å². The highest BCUT2D eigenvalue weighted by Crippen LogP contribution is 2.30. The van der Waals surface area contributed by atoms with E-state index in [9.17, 15) is 0 Å². The molecule has 0 aliphatic heterocycles. The van der Waals surface area contributed by atoms with Crippen LogP contribution in [0.4, 0.5) is 0 Å². The van der Waals surface area contributed by atoms with Crippen LogP contribution in [0.25, 0.3) is 0 Å². The lowest BCUT2D eigenvalue weighted by atomic mass is 10.1. The summed E-state index contributed by atoms with van der Waals surface area (Å²) in [5, 5.41) is 8.68. The van der Waals surface area contributed by atoms with Gasteiger partial charge in [-0.3, -0.25) is 0 Å². The molecule has 0 radical (unpaired) electrons. The predicted molar refractivity (Wildman–Crippen MR) is 65.7 cm³/mol. The Balaban J connectivity index is 2.10. The van der Waals surface area contributed by atoms with Crippen molar-refractivity contribution in [3.05, 3.63) is 44.3 Å². The summed E-state index contributed by atoms with van der Waals surface area (Å²) in [5.74, 6) is 0. The van der Waals surface area contributed by atoms with Gasteiger partial charge in [-0.2, -0.15) is 22.7 Å². The maximum Gasteiger partial charge on any atom is 0.0636 e. The van der Waals surface area contributed by atoms with E-state index in [1.807, 2.05) is 0 Å². The SMILES string of the molecule is Cc1cscc1C(Cl)Cc1ccsc1. The lowest BCUT2D eigenvalue weighted by Crippen LogP contribution is -1.94. The lowest BCUT2D eigenvalue weighted by Gasteiger charge is -2.07. The fourth-order valence-electron chi connectivity index (χ4n) is 1.42. The van der Waals surface area contributed by atoms with Gasteiger partial charge >= 0.3 is 0 Å². The van der Waals surface area contributed by atoms with E-state index in [4.69, 9.17) is 11.6 Å². The second-order valence-electron chi connectivity index (χ2n) is 3.31. The molecule has 0 spiro atoms. The minimum atomic E-state index is 0.121. The highest BCUT2D eigenvalue weighted by Gasteiger charge is 2.12. The number of hydrogen-bond acceptors (Lipinski definition) is 2. The van der Waals surface area contributed by atoms with Crippen LogP contribution in [0, 0.1) is 6.92 Å². The Morgan fingerprint density at radius 2 is 2.14 bits per heavy atom. The largest absolute Gasteiger partial charge is 0.152 e. The van der Waals surface area contributed by atoms with E-state index in [1.54, 1.807) is 22.7 Å². The normalized spacial score (nSPS) is 13.0. The van der Waals surface area contributed by atoms with E-state index in [-0.39, 0.29) is 5.38 Å². The zero-order valence-electron chi connectivity index (χ0n) is 7.87. The summed E-state index contributed by atoms with van der Waals surface area (Å²) in [5.41, 5.74) is 3.92. The summed E-state index contributed by atoms with van der Waals surface area (Å²) < 4.78 is 0. The van der Waals surface area contributed by atoms with Gasteiger partial charge in [0, 0.05) is 0 Å². The van der Waals surface area contributed by atoms with Gasteiger partial charge in [-0.15, -0.1) is 11.6 Å². The molecule has 0 aliphatic rings. The molecular formula is C11H11ClS2. The molecule has 2 aromatic heterocycles. The maximum absolute atomic E-state index is 6.36. The average Bonchev–Trinajstić information content (AvgIpc) is 2.75. The molecule has 14 heavy (non-hydrogen) atoms. The van der Waals surface area contributed by atoms with Gasteiger partial charge in [-0.05, 0) is 57.6 Å². The number of hydrogen-bond donors (Lipinski definition) is 0. The van der Waals surface area contributed by atoms with E-state index in [2.05, 4.69) is 34.5 Å². The van der Waals surface area contributed by atoms with Crippen molar-refractivity contribution >= 4 is 34.3 Å². The topological polar surface area (TPSA) is 0 Å².